The van der Waals surface area contributed by atoms with E-state index in [-0.39, 0.29) is 12.4 Å². The van der Waals surface area contributed by atoms with Gasteiger partial charge in [-0.05, 0) is 62.7 Å². The van der Waals surface area contributed by atoms with Crippen molar-refractivity contribution in [1.29, 1.82) is 0 Å². The third kappa shape index (κ3) is 5.20. The molecule has 1 fully saturated rings. The molecule has 0 bridgehead atoms. The van der Waals surface area contributed by atoms with Gasteiger partial charge in [-0.3, -0.25) is 9.88 Å². The predicted octanol–water partition coefficient (Wildman–Crippen LogP) is 4.27. The Labute approximate surface area is 176 Å². The van der Waals surface area contributed by atoms with Gasteiger partial charge in [0.1, 0.15) is 10.8 Å². The largest absolute Gasteiger partial charge is 0.497 e. The Balaban J connectivity index is 0.00000225. The van der Waals surface area contributed by atoms with E-state index in [1.165, 1.54) is 24.0 Å². The van der Waals surface area contributed by atoms with Crippen molar-refractivity contribution in [2.75, 3.05) is 20.2 Å². The molecular formula is C21H27ClN4OS. The molecule has 1 saturated heterocycles. The molecule has 0 radical (unpaired) electrons. The van der Waals surface area contributed by atoms with E-state index < -0.39 is 0 Å². The number of methoxy groups -OCH3 is 1. The van der Waals surface area contributed by atoms with Crippen molar-refractivity contribution in [3.05, 3.63) is 53.3 Å². The number of nitrogens with zero attached hydrogens (tertiary/aromatic N) is 3. The number of fused-ring (bicyclic) bond motifs is 1. The maximum Gasteiger partial charge on any atom is 0.120 e. The molecule has 28 heavy (non-hydrogen) atoms. The number of rotatable bonds is 6. The average Bonchev–Trinajstić information content (AvgIpc) is 2.90. The molecule has 4 rings (SSSR count). The van der Waals surface area contributed by atoms with E-state index in [0.717, 1.165) is 48.1 Å². The SMILES string of the molecule is COc1ccc2nc(CN(Cc3ccccn3)C3CCCNCC3)sc2c1.Cl. The zero-order chi connectivity index (χ0) is 18.5. The maximum atomic E-state index is 5.35. The molecule has 0 aliphatic carbocycles. The van der Waals surface area contributed by atoms with E-state index in [1.54, 1.807) is 18.4 Å². The number of nitrogens with one attached hydrogen (secondary N) is 1. The van der Waals surface area contributed by atoms with E-state index in [9.17, 15) is 0 Å². The molecule has 0 spiro atoms. The number of thiazole rings is 1. The van der Waals surface area contributed by atoms with E-state index in [2.05, 4.69) is 33.4 Å². The van der Waals surface area contributed by atoms with Gasteiger partial charge in [-0.1, -0.05) is 6.07 Å². The highest BCUT2D eigenvalue weighted by Crippen LogP contribution is 2.28. The van der Waals surface area contributed by atoms with Gasteiger partial charge in [0, 0.05) is 18.8 Å². The summed E-state index contributed by atoms with van der Waals surface area (Å²) >= 11 is 1.77. The number of benzene rings is 1. The van der Waals surface area contributed by atoms with Gasteiger partial charge in [0.05, 0.1) is 29.6 Å². The summed E-state index contributed by atoms with van der Waals surface area (Å²) in [7, 11) is 1.71. The lowest BCUT2D eigenvalue weighted by molar-refractivity contribution is 0.162. The van der Waals surface area contributed by atoms with Crippen LogP contribution in [0.25, 0.3) is 10.2 Å². The molecule has 1 unspecified atom stereocenters. The first-order chi connectivity index (χ1) is 13.3. The minimum absolute atomic E-state index is 0. The Morgan fingerprint density at radius 1 is 1.18 bits per heavy atom. The Morgan fingerprint density at radius 3 is 2.93 bits per heavy atom. The van der Waals surface area contributed by atoms with Crippen LogP contribution < -0.4 is 10.1 Å². The number of pyridine rings is 1. The van der Waals surface area contributed by atoms with Crippen LogP contribution in [0.2, 0.25) is 0 Å². The van der Waals surface area contributed by atoms with E-state index in [0.29, 0.717) is 6.04 Å². The van der Waals surface area contributed by atoms with Crippen molar-refractivity contribution < 1.29 is 4.74 Å². The minimum Gasteiger partial charge on any atom is -0.497 e. The van der Waals surface area contributed by atoms with Gasteiger partial charge in [0.15, 0.2) is 0 Å². The zero-order valence-electron chi connectivity index (χ0n) is 16.1. The highest BCUT2D eigenvalue weighted by Gasteiger charge is 2.22. The Morgan fingerprint density at radius 2 is 2.11 bits per heavy atom. The van der Waals surface area contributed by atoms with Crippen LogP contribution in [0.3, 0.4) is 0 Å². The third-order valence-corrected chi connectivity index (χ3v) is 6.13. The van der Waals surface area contributed by atoms with Crippen molar-refractivity contribution >= 4 is 34.0 Å². The zero-order valence-corrected chi connectivity index (χ0v) is 17.8. The molecule has 1 aromatic carbocycles. The molecule has 1 N–H and O–H groups in total. The summed E-state index contributed by atoms with van der Waals surface area (Å²) in [5.74, 6) is 0.887. The van der Waals surface area contributed by atoms with E-state index >= 15 is 0 Å². The Hall–Kier alpha value is -1.73. The minimum atomic E-state index is 0. The summed E-state index contributed by atoms with van der Waals surface area (Å²) in [5.41, 5.74) is 2.17. The van der Waals surface area contributed by atoms with Crippen molar-refractivity contribution in [2.45, 2.75) is 38.4 Å². The summed E-state index contributed by atoms with van der Waals surface area (Å²) in [6.07, 6.45) is 5.50. The van der Waals surface area contributed by atoms with Gasteiger partial charge < -0.3 is 10.1 Å². The van der Waals surface area contributed by atoms with E-state index in [4.69, 9.17) is 9.72 Å². The van der Waals surface area contributed by atoms with Gasteiger partial charge in [0.2, 0.25) is 0 Å². The van der Waals surface area contributed by atoms with Crippen LogP contribution >= 0.6 is 23.7 Å². The summed E-state index contributed by atoms with van der Waals surface area (Å²) in [6, 6.07) is 12.8. The summed E-state index contributed by atoms with van der Waals surface area (Å²) in [4.78, 5) is 12.0. The first-order valence-electron chi connectivity index (χ1n) is 9.60. The molecule has 0 saturated carbocycles. The molecule has 2 aromatic heterocycles. The van der Waals surface area contributed by atoms with Crippen LogP contribution in [0.5, 0.6) is 5.75 Å². The third-order valence-electron chi connectivity index (χ3n) is 5.13. The van der Waals surface area contributed by atoms with Gasteiger partial charge >= 0.3 is 0 Å². The quantitative estimate of drug-likeness (QED) is 0.647. The molecule has 1 aliphatic rings. The van der Waals surface area contributed by atoms with Crippen LogP contribution in [0, 0.1) is 0 Å². The van der Waals surface area contributed by atoms with Crippen LogP contribution in [0.15, 0.2) is 42.6 Å². The highest BCUT2D eigenvalue weighted by molar-refractivity contribution is 7.18. The normalized spacial score (nSPS) is 17.3. The standard InChI is InChI=1S/C21H26N4OS.ClH/c1-26-18-7-8-19-20(13-18)27-21(24-19)15-25(14-16-5-2-3-11-23-16)17-6-4-10-22-12-9-17;/h2-3,5,7-8,11,13,17,22H,4,6,9-10,12,14-15H2,1H3;1H. The van der Waals surface area contributed by atoms with Crippen molar-refractivity contribution in [1.82, 2.24) is 20.2 Å². The lowest BCUT2D eigenvalue weighted by atomic mass is 10.1. The second-order valence-electron chi connectivity index (χ2n) is 7.00. The molecule has 7 heteroatoms. The van der Waals surface area contributed by atoms with Crippen molar-refractivity contribution in [3.8, 4) is 5.75 Å². The fourth-order valence-corrected chi connectivity index (χ4v) is 4.72. The van der Waals surface area contributed by atoms with Crippen molar-refractivity contribution in [2.24, 2.45) is 0 Å². The summed E-state index contributed by atoms with van der Waals surface area (Å²) in [5, 5.41) is 4.68. The second kappa shape index (κ2) is 10.2. The number of hydrogen-bond acceptors (Lipinski definition) is 6. The molecule has 0 amide bonds. The fourth-order valence-electron chi connectivity index (χ4n) is 3.70. The first-order valence-corrected chi connectivity index (χ1v) is 10.4. The first kappa shape index (κ1) is 21.0. The number of halogens is 1. The van der Waals surface area contributed by atoms with Gasteiger partial charge in [0.25, 0.3) is 0 Å². The maximum absolute atomic E-state index is 5.35. The van der Waals surface area contributed by atoms with Crippen LogP contribution in [0.4, 0.5) is 0 Å². The monoisotopic (exact) mass is 418 g/mol. The summed E-state index contributed by atoms with van der Waals surface area (Å²) in [6.45, 7) is 3.93. The highest BCUT2D eigenvalue weighted by atomic mass is 35.5. The van der Waals surface area contributed by atoms with Crippen LogP contribution in [0.1, 0.15) is 30.0 Å². The van der Waals surface area contributed by atoms with Crippen LogP contribution in [-0.2, 0) is 13.1 Å². The average molecular weight is 419 g/mol. The van der Waals surface area contributed by atoms with E-state index in [1.807, 2.05) is 24.4 Å². The molecule has 1 atom stereocenters. The number of ether oxygens (including phenoxy) is 1. The van der Waals surface area contributed by atoms with Crippen LogP contribution in [-0.4, -0.2) is 41.1 Å². The second-order valence-corrected chi connectivity index (χ2v) is 8.12. The Kier molecular flexibility index (Phi) is 7.62. The van der Waals surface area contributed by atoms with Crippen molar-refractivity contribution in [3.63, 3.8) is 0 Å². The van der Waals surface area contributed by atoms with Gasteiger partial charge in [-0.15, -0.1) is 23.7 Å². The topological polar surface area (TPSA) is 50.3 Å². The van der Waals surface area contributed by atoms with Gasteiger partial charge in [-0.25, -0.2) is 4.98 Å². The Bertz CT molecular complexity index is 865. The molecule has 3 aromatic rings. The predicted molar refractivity (Wildman–Crippen MR) is 117 cm³/mol. The molecular weight excluding hydrogens is 392 g/mol. The lowest BCUT2D eigenvalue weighted by Gasteiger charge is -2.30. The lowest BCUT2D eigenvalue weighted by Crippen LogP contribution is -2.35. The van der Waals surface area contributed by atoms with Gasteiger partial charge in [-0.2, -0.15) is 0 Å². The molecule has 5 nitrogen and oxygen atoms in total. The molecule has 150 valence electrons. The molecule has 1 aliphatic heterocycles. The smallest absolute Gasteiger partial charge is 0.120 e. The number of hydrogen-bond donors (Lipinski definition) is 1. The summed E-state index contributed by atoms with van der Waals surface area (Å²) < 4.78 is 6.54. The fraction of sp³-hybridized carbons (Fsp3) is 0.429. The number of aromatic nitrogens is 2. The molecule has 3 heterocycles.